The van der Waals surface area contributed by atoms with Gasteiger partial charge in [-0.3, -0.25) is 0 Å². The van der Waals surface area contributed by atoms with E-state index in [1.54, 1.807) is 29.5 Å². The molecule has 20 heavy (non-hydrogen) atoms. The Labute approximate surface area is 135 Å². The van der Waals surface area contributed by atoms with Crippen molar-refractivity contribution in [2.75, 3.05) is 6.54 Å². The summed E-state index contributed by atoms with van der Waals surface area (Å²) in [7, 11) is -3.47. The Balaban J connectivity index is 1.95. The van der Waals surface area contributed by atoms with Gasteiger partial charge in [-0.2, -0.15) is 4.31 Å². The highest BCUT2D eigenvalue weighted by atomic mass is 79.9. The van der Waals surface area contributed by atoms with E-state index < -0.39 is 10.0 Å². The van der Waals surface area contributed by atoms with E-state index in [1.807, 2.05) is 11.4 Å². The lowest BCUT2D eigenvalue weighted by Gasteiger charge is -2.26. The Kier molecular flexibility index (Phi) is 3.94. The first-order valence-electron chi connectivity index (χ1n) is 5.99. The number of halogens is 2. The minimum atomic E-state index is -3.47. The minimum absolute atomic E-state index is 0.271. The average Bonchev–Trinajstić information content (AvgIpc) is 2.89. The van der Waals surface area contributed by atoms with Gasteiger partial charge >= 0.3 is 0 Å². The van der Waals surface area contributed by atoms with E-state index >= 15 is 0 Å². The summed E-state index contributed by atoms with van der Waals surface area (Å²) in [6.45, 7) is 0.970. The molecular formula is C13H11BrClNO2S2. The fraction of sp³-hybridized carbons (Fsp3) is 0.231. The number of benzene rings is 1. The first kappa shape index (κ1) is 14.5. The molecular weight excluding hydrogens is 382 g/mol. The monoisotopic (exact) mass is 391 g/mol. The van der Waals surface area contributed by atoms with Crippen LogP contribution in [0.1, 0.15) is 10.4 Å². The summed E-state index contributed by atoms with van der Waals surface area (Å²) in [5.41, 5.74) is 1.11. The molecule has 0 bridgehead atoms. The normalized spacial score (nSPS) is 16.1. The maximum atomic E-state index is 12.6. The molecule has 2 aromatic rings. The SMILES string of the molecule is O=S(=O)(c1ccc(Cl)c(Br)c1)N1CCc2sccc2C1. The maximum absolute atomic E-state index is 12.6. The predicted molar refractivity (Wildman–Crippen MR) is 84.8 cm³/mol. The van der Waals surface area contributed by atoms with Gasteiger partial charge in [-0.25, -0.2) is 8.42 Å². The fourth-order valence-electron chi connectivity index (χ4n) is 2.21. The highest BCUT2D eigenvalue weighted by Crippen LogP contribution is 2.30. The lowest BCUT2D eigenvalue weighted by Crippen LogP contribution is -2.35. The van der Waals surface area contributed by atoms with Gasteiger partial charge in [0, 0.05) is 22.4 Å². The smallest absolute Gasteiger partial charge is 0.207 e. The van der Waals surface area contributed by atoms with E-state index in [9.17, 15) is 8.42 Å². The van der Waals surface area contributed by atoms with E-state index in [4.69, 9.17) is 11.6 Å². The van der Waals surface area contributed by atoms with E-state index in [2.05, 4.69) is 15.9 Å². The molecule has 0 atom stereocenters. The highest BCUT2D eigenvalue weighted by molar-refractivity contribution is 9.10. The van der Waals surface area contributed by atoms with Crippen molar-refractivity contribution in [1.29, 1.82) is 0 Å². The number of rotatable bonds is 2. The predicted octanol–water partition coefficient (Wildman–Crippen LogP) is 3.91. The Morgan fingerprint density at radius 1 is 1.30 bits per heavy atom. The largest absolute Gasteiger partial charge is 0.243 e. The van der Waals surface area contributed by atoms with Crippen molar-refractivity contribution in [3.63, 3.8) is 0 Å². The fourth-order valence-corrected chi connectivity index (χ4v) is 5.20. The number of sulfonamides is 1. The quantitative estimate of drug-likeness (QED) is 0.777. The van der Waals surface area contributed by atoms with Crippen molar-refractivity contribution in [2.45, 2.75) is 17.9 Å². The van der Waals surface area contributed by atoms with E-state index in [-0.39, 0.29) is 4.90 Å². The third-order valence-corrected chi connectivity index (χ3v) is 7.38. The highest BCUT2D eigenvalue weighted by Gasteiger charge is 2.29. The van der Waals surface area contributed by atoms with Gasteiger partial charge in [0.1, 0.15) is 0 Å². The molecule has 7 heteroatoms. The maximum Gasteiger partial charge on any atom is 0.243 e. The van der Waals surface area contributed by atoms with Gasteiger partial charge in [0.25, 0.3) is 0 Å². The Hall–Kier alpha value is -0.400. The average molecular weight is 393 g/mol. The molecule has 1 aliphatic heterocycles. The molecule has 106 valence electrons. The Morgan fingerprint density at radius 2 is 2.10 bits per heavy atom. The lowest BCUT2D eigenvalue weighted by atomic mass is 10.1. The zero-order valence-electron chi connectivity index (χ0n) is 10.3. The number of hydrogen-bond acceptors (Lipinski definition) is 3. The van der Waals surface area contributed by atoms with Gasteiger partial charge in [0.05, 0.1) is 9.92 Å². The molecule has 0 unspecified atom stereocenters. The van der Waals surface area contributed by atoms with Crippen molar-refractivity contribution in [2.24, 2.45) is 0 Å². The third kappa shape index (κ3) is 2.55. The van der Waals surface area contributed by atoms with Gasteiger partial charge in [-0.15, -0.1) is 11.3 Å². The molecule has 1 aromatic carbocycles. The summed E-state index contributed by atoms with van der Waals surface area (Å²) < 4.78 is 27.4. The Morgan fingerprint density at radius 3 is 2.85 bits per heavy atom. The van der Waals surface area contributed by atoms with Crippen LogP contribution in [0.15, 0.2) is 39.0 Å². The van der Waals surface area contributed by atoms with Crippen LogP contribution in [-0.2, 0) is 23.0 Å². The van der Waals surface area contributed by atoms with Gasteiger partial charge < -0.3 is 0 Å². The van der Waals surface area contributed by atoms with Crippen LogP contribution in [0.3, 0.4) is 0 Å². The van der Waals surface area contributed by atoms with E-state index in [1.165, 1.54) is 9.18 Å². The molecule has 0 radical (unpaired) electrons. The third-order valence-electron chi connectivity index (χ3n) is 3.30. The second-order valence-electron chi connectivity index (χ2n) is 4.53. The van der Waals surface area contributed by atoms with Crippen LogP contribution < -0.4 is 0 Å². The second kappa shape index (κ2) is 5.42. The molecule has 3 nitrogen and oxygen atoms in total. The van der Waals surface area contributed by atoms with Crippen LogP contribution in [0.2, 0.25) is 5.02 Å². The molecule has 0 saturated heterocycles. The molecule has 0 spiro atoms. The van der Waals surface area contributed by atoms with Crippen molar-refractivity contribution in [3.05, 3.63) is 49.6 Å². The topological polar surface area (TPSA) is 37.4 Å². The summed E-state index contributed by atoms with van der Waals surface area (Å²) >= 11 is 10.9. The zero-order valence-corrected chi connectivity index (χ0v) is 14.3. The van der Waals surface area contributed by atoms with Crippen LogP contribution in [0, 0.1) is 0 Å². The van der Waals surface area contributed by atoms with Gasteiger partial charge in [0.15, 0.2) is 0 Å². The van der Waals surface area contributed by atoms with Gasteiger partial charge in [-0.05, 0) is 57.6 Å². The van der Waals surface area contributed by atoms with Crippen molar-refractivity contribution in [1.82, 2.24) is 4.31 Å². The number of hydrogen-bond donors (Lipinski definition) is 0. The standard InChI is InChI=1S/C13H11BrClNO2S2/c14-11-7-10(1-2-12(11)15)20(17,18)16-5-3-13-9(8-16)4-6-19-13/h1-2,4,6-7H,3,5,8H2. The van der Waals surface area contributed by atoms with Crippen molar-refractivity contribution < 1.29 is 8.42 Å². The van der Waals surface area contributed by atoms with Crippen LogP contribution in [0.5, 0.6) is 0 Å². The molecule has 2 heterocycles. The minimum Gasteiger partial charge on any atom is -0.207 e. The van der Waals surface area contributed by atoms with E-state index in [0.717, 1.165) is 12.0 Å². The Bertz CT molecular complexity index is 757. The summed E-state index contributed by atoms with van der Waals surface area (Å²) in [6, 6.07) is 6.70. The summed E-state index contributed by atoms with van der Waals surface area (Å²) in [5, 5.41) is 2.52. The summed E-state index contributed by atoms with van der Waals surface area (Å²) in [6.07, 6.45) is 0.779. The van der Waals surface area contributed by atoms with Crippen LogP contribution >= 0.6 is 38.9 Å². The van der Waals surface area contributed by atoms with Crippen molar-refractivity contribution >= 4 is 48.9 Å². The molecule has 1 aromatic heterocycles. The molecule has 3 rings (SSSR count). The van der Waals surface area contributed by atoms with Gasteiger partial charge in [-0.1, -0.05) is 11.6 Å². The molecule has 0 N–H and O–H groups in total. The summed E-state index contributed by atoms with van der Waals surface area (Å²) in [5.74, 6) is 0. The molecule has 0 saturated carbocycles. The number of fused-ring (bicyclic) bond motifs is 1. The zero-order chi connectivity index (χ0) is 14.3. The molecule has 1 aliphatic rings. The molecule has 0 amide bonds. The number of nitrogens with zero attached hydrogens (tertiary/aromatic N) is 1. The number of thiophene rings is 1. The van der Waals surface area contributed by atoms with Crippen LogP contribution in [0.4, 0.5) is 0 Å². The first-order valence-corrected chi connectivity index (χ1v) is 9.48. The lowest BCUT2D eigenvalue weighted by molar-refractivity contribution is 0.394. The summed E-state index contributed by atoms with van der Waals surface area (Å²) in [4.78, 5) is 1.56. The second-order valence-corrected chi connectivity index (χ2v) is 8.73. The van der Waals surface area contributed by atoms with Crippen molar-refractivity contribution in [3.8, 4) is 0 Å². The molecule has 0 fully saturated rings. The van der Waals surface area contributed by atoms with Crippen LogP contribution in [0.25, 0.3) is 0 Å². The molecule has 0 aliphatic carbocycles. The van der Waals surface area contributed by atoms with Crippen LogP contribution in [-0.4, -0.2) is 19.3 Å². The van der Waals surface area contributed by atoms with E-state index in [0.29, 0.717) is 22.6 Å². The van der Waals surface area contributed by atoms with Gasteiger partial charge in [0.2, 0.25) is 10.0 Å². The first-order chi connectivity index (χ1) is 9.48.